The van der Waals surface area contributed by atoms with Crippen LogP contribution in [0.25, 0.3) is 0 Å². The monoisotopic (exact) mass is 462 g/mol. The number of benzene rings is 2. The lowest BCUT2D eigenvalue weighted by molar-refractivity contribution is -0.118. The molecule has 1 saturated heterocycles. The average Bonchev–Trinajstić information content (AvgIpc) is 2.75. The quantitative estimate of drug-likeness (QED) is 0.545. The number of morpholine rings is 1. The first-order valence-electron chi connectivity index (χ1n) is 9.95. The van der Waals surface area contributed by atoms with Gasteiger partial charge in [0, 0.05) is 31.4 Å². The molecule has 1 heterocycles. The summed E-state index contributed by atoms with van der Waals surface area (Å²) in [7, 11) is -2.49. The molecule has 3 rings (SSSR count). The first-order valence-corrected chi connectivity index (χ1v) is 11.4. The van der Waals surface area contributed by atoms with E-state index < -0.39 is 10.0 Å². The van der Waals surface area contributed by atoms with Crippen LogP contribution in [-0.2, 0) is 24.3 Å². The number of carbonyl (C=O) groups excluding carboxylic acids is 2. The van der Waals surface area contributed by atoms with E-state index in [0.717, 1.165) is 0 Å². The standard InChI is InChI=1S/C21H26N4O6S/c1-15(26)22-19-13-18(7-8-20(19)30-2)32(28,29)24-17-5-3-16(4-6-17)23-21(27)14-25-9-11-31-12-10-25/h3-8,13,24H,9-12,14H2,1-2H3,(H,22,26)(H,23,27). The predicted molar refractivity (Wildman–Crippen MR) is 120 cm³/mol. The summed E-state index contributed by atoms with van der Waals surface area (Å²) in [5.41, 5.74) is 1.14. The van der Waals surface area contributed by atoms with Crippen molar-refractivity contribution in [3.05, 3.63) is 42.5 Å². The van der Waals surface area contributed by atoms with Crippen LogP contribution < -0.4 is 20.1 Å². The second-order valence-electron chi connectivity index (χ2n) is 7.16. The largest absolute Gasteiger partial charge is 0.495 e. The zero-order valence-electron chi connectivity index (χ0n) is 17.9. The Bertz CT molecular complexity index is 1070. The van der Waals surface area contributed by atoms with Gasteiger partial charge in [-0.2, -0.15) is 0 Å². The second kappa shape index (κ2) is 10.4. The van der Waals surface area contributed by atoms with Gasteiger partial charge in [0.25, 0.3) is 10.0 Å². The minimum atomic E-state index is -3.91. The van der Waals surface area contributed by atoms with Gasteiger partial charge in [-0.15, -0.1) is 0 Å². The maximum absolute atomic E-state index is 12.8. The Morgan fingerprint density at radius 1 is 1.03 bits per heavy atom. The first-order chi connectivity index (χ1) is 15.3. The van der Waals surface area contributed by atoms with E-state index in [1.54, 1.807) is 24.3 Å². The second-order valence-corrected chi connectivity index (χ2v) is 8.85. The molecule has 2 amide bonds. The predicted octanol–water partition coefficient (Wildman–Crippen LogP) is 1.73. The van der Waals surface area contributed by atoms with Crippen molar-refractivity contribution in [1.82, 2.24) is 4.90 Å². The molecule has 0 radical (unpaired) electrons. The van der Waals surface area contributed by atoms with Crippen LogP contribution in [0.1, 0.15) is 6.92 Å². The van der Waals surface area contributed by atoms with Crippen LogP contribution in [0, 0.1) is 0 Å². The SMILES string of the molecule is COc1ccc(S(=O)(=O)Nc2ccc(NC(=O)CN3CCOCC3)cc2)cc1NC(C)=O. The van der Waals surface area contributed by atoms with E-state index in [9.17, 15) is 18.0 Å². The van der Waals surface area contributed by atoms with Crippen LogP contribution in [0.3, 0.4) is 0 Å². The van der Waals surface area contributed by atoms with Gasteiger partial charge in [0.05, 0.1) is 37.5 Å². The van der Waals surface area contributed by atoms with E-state index in [4.69, 9.17) is 9.47 Å². The highest BCUT2D eigenvalue weighted by Gasteiger charge is 2.18. The molecule has 0 saturated carbocycles. The third kappa shape index (κ3) is 6.42. The molecule has 172 valence electrons. The van der Waals surface area contributed by atoms with Crippen LogP contribution in [0.15, 0.2) is 47.4 Å². The van der Waals surface area contributed by atoms with Crippen molar-refractivity contribution in [2.75, 3.05) is 55.3 Å². The molecule has 0 spiro atoms. The van der Waals surface area contributed by atoms with E-state index in [0.29, 0.717) is 43.4 Å². The van der Waals surface area contributed by atoms with Crippen molar-refractivity contribution in [2.45, 2.75) is 11.8 Å². The third-order valence-electron chi connectivity index (χ3n) is 4.68. The van der Waals surface area contributed by atoms with Gasteiger partial charge in [0.2, 0.25) is 11.8 Å². The van der Waals surface area contributed by atoms with Crippen LogP contribution in [-0.4, -0.2) is 65.1 Å². The molecular formula is C21H26N4O6S. The smallest absolute Gasteiger partial charge is 0.261 e. The zero-order chi connectivity index (χ0) is 23.1. The molecule has 0 unspecified atom stereocenters. The summed E-state index contributed by atoms with van der Waals surface area (Å²) < 4.78 is 38.4. The number of carbonyl (C=O) groups is 2. The summed E-state index contributed by atoms with van der Waals surface area (Å²) in [6.07, 6.45) is 0. The molecule has 10 nitrogen and oxygen atoms in total. The Morgan fingerprint density at radius 2 is 1.69 bits per heavy atom. The maximum atomic E-state index is 12.8. The fourth-order valence-corrected chi connectivity index (χ4v) is 4.22. The van der Waals surface area contributed by atoms with Gasteiger partial charge >= 0.3 is 0 Å². The van der Waals surface area contributed by atoms with E-state index >= 15 is 0 Å². The Morgan fingerprint density at radius 3 is 2.31 bits per heavy atom. The van der Waals surface area contributed by atoms with E-state index in [1.807, 2.05) is 4.90 Å². The lowest BCUT2D eigenvalue weighted by atomic mass is 10.3. The van der Waals surface area contributed by atoms with Crippen molar-refractivity contribution >= 4 is 38.9 Å². The first kappa shape index (κ1) is 23.5. The number of hydrogen-bond acceptors (Lipinski definition) is 7. The zero-order valence-corrected chi connectivity index (χ0v) is 18.7. The Balaban J connectivity index is 1.65. The number of ether oxygens (including phenoxy) is 2. The number of anilines is 3. The minimum Gasteiger partial charge on any atom is -0.495 e. The summed E-state index contributed by atoms with van der Waals surface area (Å²) in [6, 6.07) is 10.5. The third-order valence-corrected chi connectivity index (χ3v) is 6.06. The van der Waals surface area contributed by atoms with E-state index in [2.05, 4.69) is 15.4 Å². The summed E-state index contributed by atoms with van der Waals surface area (Å²) in [5, 5.41) is 5.35. The number of sulfonamides is 1. The summed E-state index contributed by atoms with van der Waals surface area (Å²) >= 11 is 0. The van der Waals surface area contributed by atoms with Crippen molar-refractivity contribution in [1.29, 1.82) is 0 Å². The van der Waals surface area contributed by atoms with Crippen molar-refractivity contribution in [3.63, 3.8) is 0 Å². The normalized spacial score (nSPS) is 14.4. The molecule has 2 aromatic rings. The average molecular weight is 463 g/mol. The van der Waals surface area contributed by atoms with Gasteiger partial charge in [-0.05, 0) is 42.5 Å². The fraction of sp³-hybridized carbons (Fsp3) is 0.333. The number of nitrogens with one attached hydrogen (secondary N) is 3. The highest BCUT2D eigenvalue weighted by molar-refractivity contribution is 7.92. The number of rotatable bonds is 8. The summed E-state index contributed by atoms with van der Waals surface area (Å²) in [6.45, 7) is 4.24. The van der Waals surface area contributed by atoms with Crippen LogP contribution in [0.5, 0.6) is 5.75 Å². The molecule has 2 aromatic carbocycles. The molecule has 1 aliphatic rings. The lowest BCUT2D eigenvalue weighted by Gasteiger charge is -2.25. The Hall–Kier alpha value is -3.15. The van der Waals surface area contributed by atoms with Gasteiger partial charge in [-0.3, -0.25) is 19.2 Å². The molecule has 0 atom stereocenters. The topological polar surface area (TPSA) is 126 Å². The maximum Gasteiger partial charge on any atom is 0.261 e. The Labute approximate surface area is 186 Å². The molecule has 0 aliphatic carbocycles. The lowest BCUT2D eigenvalue weighted by Crippen LogP contribution is -2.41. The highest BCUT2D eigenvalue weighted by atomic mass is 32.2. The summed E-state index contributed by atoms with van der Waals surface area (Å²) in [5.74, 6) is -0.155. The molecule has 32 heavy (non-hydrogen) atoms. The van der Waals surface area contributed by atoms with Crippen molar-refractivity contribution in [2.24, 2.45) is 0 Å². The minimum absolute atomic E-state index is 0.0371. The van der Waals surface area contributed by atoms with Gasteiger partial charge in [0.15, 0.2) is 0 Å². The molecule has 1 fully saturated rings. The molecule has 11 heteroatoms. The van der Waals surface area contributed by atoms with Crippen LogP contribution >= 0.6 is 0 Å². The number of nitrogens with zero attached hydrogens (tertiary/aromatic N) is 1. The van der Waals surface area contributed by atoms with Gasteiger partial charge < -0.3 is 20.1 Å². The molecular weight excluding hydrogens is 436 g/mol. The van der Waals surface area contributed by atoms with Crippen molar-refractivity contribution in [3.8, 4) is 5.75 Å². The molecule has 3 N–H and O–H groups in total. The molecule has 0 aromatic heterocycles. The van der Waals surface area contributed by atoms with E-state index in [1.165, 1.54) is 32.2 Å². The fourth-order valence-electron chi connectivity index (χ4n) is 3.14. The number of hydrogen-bond donors (Lipinski definition) is 3. The van der Waals surface area contributed by atoms with Gasteiger partial charge in [0.1, 0.15) is 5.75 Å². The summed E-state index contributed by atoms with van der Waals surface area (Å²) in [4.78, 5) is 25.5. The Kier molecular flexibility index (Phi) is 7.67. The van der Waals surface area contributed by atoms with Crippen LogP contribution in [0.2, 0.25) is 0 Å². The molecule has 1 aliphatic heterocycles. The van der Waals surface area contributed by atoms with E-state index in [-0.39, 0.29) is 28.9 Å². The number of methoxy groups -OCH3 is 1. The molecule has 0 bridgehead atoms. The highest BCUT2D eigenvalue weighted by Crippen LogP contribution is 2.28. The van der Waals surface area contributed by atoms with Crippen molar-refractivity contribution < 1.29 is 27.5 Å². The number of amides is 2. The van der Waals surface area contributed by atoms with Gasteiger partial charge in [-0.25, -0.2) is 8.42 Å². The van der Waals surface area contributed by atoms with Gasteiger partial charge in [-0.1, -0.05) is 0 Å². The van der Waals surface area contributed by atoms with Crippen LogP contribution in [0.4, 0.5) is 17.1 Å².